The molecule has 0 bridgehead atoms. The molecule has 1 atom stereocenters. The van der Waals surface area contributed by atoms with Crippen molar-refractivity contribution >= 4 is 19.8 Å². The van der Waals surface area contributed by atoms with Gasteiger partial charge in [-0.25, -0.2) is 14.2 Å². The lowest BCUT2D eigenvalue weighted by Crippen LogP contribution is -2.32. The van der Waals surface area contributed by atoms with E-state index in [0.717, 1.165) is 14.2 Å². The molecule has 0 aromatic carbocycles. The fraction of sp³-hybridized carbons (Fsp3) is 0.913. The summed E-state index contributed by atoms with van der Waals surface area (Å²) < 4.78 is 78.2. The third-order valence-corrected chi connectivity index (χ3v) is 5.75. The third kappa shape index (κ3) is 24.5. The average molecular weight is 609 g/mol. The van der Waals surface area contributed by atoms with E-state index in [-0.39, 0.29) is 33.0 Å². The summed E-state index contributed by atoms with van der Waals surface area (Å²) in [5.41, 5.74) is 0. The van der Waals surface area contributed by atoms with Gasteiger partial charge in [-0.2, -0.15) is 0 Å². The monoisotopic (exact) mass is 608 g/mol. The number of hydrogen-bond donors (Lipinski definition) is 0. The molecule has 16 nitrogen and oxygen atoms in total. The summed E-state index contributed by atoms with van der Waals surface area (Å²) in [6, 6.07) is 0. The van der Waals surface area contributed by atoms with E-state index in [9.17, 15) is 14.2 Å². The summed E-state index contributed by atoms with van der Waals surface area (Å²) in [5.74, 6) is -1.48. The molecule has 0 radical (unpaired) electrons. The summed E-state index contributed by atoms with van der Waals surface area (Å²) in [7, 11) is 1.56. The largest absolute Gasteiger partial charge is 0.474 e. The molecular weight excluding hydrogens is 563 g/mol. The van der Waals surface area contributed by atoms with E-state index in [0.29, 0.717) is 52.9 Å². The number of ether oxygens (including phenoxy) is 10. The van der Waals surface area contributed by atoms with Crippen LogP contribution >= 0.6 is 7.82 Å². The van der Waals surface area contributed by atoms with Gasteiger partial charge in [-0.3, -0.25) is 13.6 Å². The predicted octanol–water partition coefficient (Wildman–Crippen LogP) is 0.251. The molecule has 17 heteroatoms. The molecule has 0 aliphatic rings. The van der Waals surface area contributed by atoms with Gasteiger partial charge in [0.15, 0.2) is 6.10 Å². The molecule has 0 saturated carbocycles. The maximum absolute atomic E-state index is 12.2. The minimum Gasteiger partial charge on any atom is -0.460 e. The van der Waals surface area contributed by atoms with E-state index < -0.39 is 45.7 Å². The second-order valence-corrected chi connectivity index (χ2v) is 9.33. The number of phosphoric ester groups is 1. The number of carbonyl (C=O) groups excluding carboxylic acids is 2. The Kier molecular flexibility index (Phi) is 27.0. The minimum atomic E-state index is -3.86. The molecule has 0 rings (SSSR count). The van der Waals surface area contributed by atoms with E-state index in [1.54, 1.807) is 14.2 Å². The Morgan fingerprint density at radius 2 is 0.950 bits per heavy atom. The predicted molar refractivity (Wildman–Crippen MR) is 137 cm³/mol. The highest BCUT2D eigenvalue weighted by Crippen LogP contribution is 2.47. The second-order valence-electron chi connectivity index (χ2n) is 7.44. The molecule has 1 unspecified atom stereocenters. The molecule has 0 amide bonds. The van der Waals surface area contributed by atoms with Gasteiger partial charge in [-0.1, -0.05) is 0 Å². The first-order valence-electron chi connectivity index (χ1n) is 12.6. The van der Waals surface area contributed by atoms with Crippen LogP contribution in [0.1, 0.15) is 0 Å². The lowest BCUT2D eigenvalue weighted by molar-refractivity contribution is -0.167. The Labute approximate surface area is 235 Å². The van der Waals surface area contributed by atoms with Crippen molar-refractivity contribution in [3.8, 4) is 0 Å². The average Bonchev–Trinajstić information content (AvgIpc) is 2.96. The van der Waals surface area contributed by atoms with Crippen molar-refractivity contribution in [2.45, 2.75) is 6.10 Å². The molecule has 0 aliphatic carbocycles. The van der Waals surface area contributed by atoms with Gasteiger partial charge in [-0.05, 0) is 0 Å². The maximum Gasteiger partial charge on any atom is 0.474 e. The highest BCUT2D eigenvalue weighted by Gasteiger charge is 2.27. The summed E-state index contributed by atoms with van der Waals surface area (Å²) in [4.78, 5) is 24.2. The third-order valence-electron chi connectivity index (χ3n) is 4.39. The van der Waals surface area contributed by atoms with Gasteiger partial charge in [0, 0.05) is 28.4 Å². The van der Waals surface area contributed by atoms with Crippen molar-refractivity contribution < 1.29 is 75.1 Å². The van der Waals surface area contributed by atoms with Crippen molar-refractivity contribution in [2.24, 2.45) is 0 Å². The van der Waals surface area contributed by atoms with Crippen molar-refractivity contribution in [3.63, 3.8) is 0 Å². The summed E-state index contributed by atoms with van der Waals surface area (Å²) in [5, 5.41) is 0. The Bertz CT molecular complexity index is 644. The van der Waals surface area contributed by atoms with E-state index in [2.05, 4.69) is 9.05 Å². The molecule has 0 aromatic heterocycles. The van der Waals surface area contributed by atoms with Gasteiger partial charge in [0.25, 0.3) is 0 Å². The van der Waals surface area contributed by atoms with Crippen LogP contribution in [0.2, 0.25) is 0 Å². The summed E-state index contributed by atoms with van der Waals surface area (Å²) >= 11 is 0. The molecule has 0 aliphatic heterocycles. The summed E-state index contributed by atoms with van der Waals surface area (Å²) in [6.45, 7) is 2.70. The van der Waals surface area contributed by atoms with Crippen molar-refractivity contribution in [1.82, 2.24) is 0 Å². The fourth-order valence-corrected chi connectivity index (χ4v) is 3.10. The number of phosphoric acid groups is 1. The van der Waals surface area contributed by atoms with Crippen molar-refractivity contribution in [2.75, 3.05) is 134 Å². The SMILES string of the molecule is COCCOCCOCCOCC(=O)OCC(COP(=O)(OC)OC)OC(=O)COCCOCCOCCOC. The Balaban J connectivity index is 4.24. The van der Waals surface area contributed by atoms with Crippen LogP contribution in [0.25, 0.3) is 0 Å². The van der Waals surface area contributed by atoms with Crippen LogP contribution in [0, 0.1) is 0 Å². The molecule has 40 heavy (non-hydrogen) atoms. The highest BCUT2D eigenvalue weighted by atomic mass is 31.2. The quantitative estimate of drug-likeness (QED) is 0.0617. The number of carbonyl (C=O) groups is 2. The number of esters is 2. The summed E-state index contributed by atoms with van der Waals surface area (Å²) in [6.07, 6.45) is -1.12. The first kappa shape index (κ1) is 38.7. The molecule has 0 saturated heterocycles. The highest BCUT2D eigenvalue weighted by molar-refractivity contribution is 7.48. The first-order valence-corrected chi connectivity index (χ1v) is 14.0. The molecule has 0 fully saturated rings. The van der Waals surface area contributed by atoms with Gasteiger partial charge in [0.2, 0.25) is 0 Å². The lowest BCUT2D eigenvalue weighted by atomic mass is 10.4. The Morgan fingerprint density at radius 3 is 1.38 bits per heavy atom. The lowest BCUT2D eigenvalue weighted by Gasteiger charge is -2.20. The van der Waals surface area contributed by atoms with Gasteiger partial charge in [0.05, 0.1) is 85.9 Å². The standard InChI is InChI=1S/C23H45O16P/c1-27-5-7-31-9-11-33-13-15-35-19-22(24)37-17-21(18-38-40(26,29-3)30-4)39-23(25)20-36-16-14-34-12-10-32-8-6-28-2/h21H,5-20H2,1-4H3. The molecule has 238 valence electrons. The van der Waals surface area contributed by atoms with Crippen molar-refractivity contribution in [1.29, 1.82) is 0 Å². The van der Waals surface area contributed by atoms with Gasteiger partial charge in [0.1, 0.15) is 19.8 Å². The molecular formula is C23H45O16P. The van der Waals surface area contributed by atoms with Crippen LogP contribution in [0.5, 0.6) is 0 Å². The normalized spacial score (nSPS) is 12.4. The van der Waals surface area contributed by atoms with E-state index >= 15 is 0 Å². The molecule has 0 N–H and O–H groups in total. The van der Waals surface area contributed by atoms with Crippen LogP contribution in [0.15, 0.2) is 0 Å². The van der Waals surface area contributed by atoms with Gasteiger partial charge >= 0.3 is 19.8 Å². The topological polar surface area (TPSA) is 171 Å². The first-order chi connectivity index (χ1) is 19.4. The maximum atomic E-state index is 12.2. The van der Waals surface area contributed by atoms with Crippen LogP contribution in [0.3, 0.4) is 0 Å². The number of methoxy groups -OCH3 is 2. The number of hydrogen-bond acceptors (Lipinski definition) is 16. The molecule has 0 heterocycles. The second kappa shape index (κ2) is 27.9. The smallest absolute Gasteiger partial charge is 0.460 e. The van der Waals surface area contributed by atoms with E-state index in [1.165, 1.54) is 0 Å². The number of rotatable bonds is 30. The van der Waals surface area contributed by atoms with E-state index in [4.69, 9.17) is 51.9 Å². The fourth-order valence-electron chi connectivity index (χ4n) is 2.39. The Hall–Kier alpha value is -1.27. The zero-order valence-electron chi connectivity index (χ0n) is 23.9. The van der Waals surface area contributed by atoms with Crippen molar-refractivity contribution in [3.05, 3.63) is 0 Å². The zero-order chi connectivity index (χ0) is 29.7. The van der Waals surface area contributed by atoms with Gasteiger partial charge < -0.3 is 47.4 Å². The van der Waals surface area contributed by atoms with Crippen LogP contribution in [-0.4, -0.2) is 152 Å². The molecule has 0 aromatic rings. The van der Waals surface area contributed by atoms with Crippen LogP contribution < -0.4 is 0 Å². The van der Waals surface area contributed by atoms with Gasteiger partial charge in [-0.15, -0.1) is 0 Å². The van der Waals surface area contributed by atoms with Crippen LogP contribution in [-0.2, 0) is 75.1 Å². The van der Waals surface area contributed by atoms with Crippen LogP contribution in [0.4, 0.5) is 0 Å². The zero-order valence-corrected chi connectivity index (χ0v) is 24.8. The minimum absolute atomic E-state index is 0.133. The van der Waals surface area contributed by atoms with E-state index in [1.807, 2.05) is 0 Å². The Morgan fingerprint density at radius 1 is 0.550 bits per heavy atom. The molecule has 0 spiro atoms.